The molecule has 2 aromatic carbocycles. The molecule has 0 aliphatic carbocycles. The van der Waals surface area contributed by atoms with Gasteiger partial charge in [0, 0.05) is 48.2 Å². The maximum Gasteiger partial charge on any atom is 0.323 e. The van der Waals surface area contributed by atoms with Gasteiger partial charge in [0.2, 0.25) is 5.95 Å². The molecule has 0 radical (unpaired) electrons. The number of carboxylic acid groups (broad SMARTS) is 1. The molecule has 4 N–H and O–H groups in total. The summed E-state index contributed by atoms with van der Waals surface area (Å²) in [5.74, 6) is -1.33. The fourth-order valence-electron chi connectivity index (χ4n) is 4.61. The van der Waals surface area contributed by atoms with Gasteiger partial charge in [-0.25, -0.2) is 23.1 Å². The first kappa shape index (κ1) is 26.6. The lowest BCUT2D eigenvalue weighted by molar-refractivity contribution is -0.144. The lowest BCUT2D eigenvalue weighted by atomic mass is 9.89. The van der Waals surface area contributed by atoms with Crippen LogP contribution in [0.25, 0.3) is 22.0 Å². The summed E-state index contributed by atoms with van der Waals surface area (Å²) in [7, 11) is 0. The summed E-state index contributed by atoms with van der Waals surface area (Å²) in [5.41, 5.74) is 6.56. The predicted molar refractivity (Wildman–Crippen MR) is 143 cm³/mol. The minimum atomic E-state index is -2.92. The van der Waals surface area contributed by atoms with Crippen LogP contribution in [0.5, 0.6) is 0 Å². The molecule has 1 saturated heterocycles. The van der Waals surface area contributed by atoms with E-state index in [0.29, 0.717) is 41.1 Å². The quantitative estimate of drug-likeness (QED) is 0.281. The molecule has 1 fully saturated rings. The first-order valence-corrected chi connectivity index (χ1v) is 12.5. The second-order valence-corrected chi connectivity index (χ2v) is 9.82. The van der Waals surface area contributed by atoms with Crippen LogP contribution < -0.4 is 16.0 Å². The van der Waals surface area contributed by atoms with Crippen LogP contribution in [0.2, 0.25) is 5.02 Å². The van der Waals surface area contributed by atoms with Crippen LogP contribution in [0.15, 0.2) is 61.1 Å². The standard InChI is InChI=1S/C27H24ClF3N6O2/c28-19-14-33-21-6-5-15(11-18(21)22(19)36-23(24(30)31)17-3-1-2-4-20(17)29)16-12-34-26(35-13-16)37-9-7-27(32,8-10-37)25(38)39/h1-6,11-14,23-24H,7-10,32H2,(H,33,36)(H,38,39)/t23-/m0/s1. The van der Waals surface area contributed by atoms with Gasteiger partial charge in [0.1, 0.15) is 17.4 Å². The zero-order valence-electron chi connectivity index (χ0n) is 20.5. The molecule has 4 aromatic rings. The SMILES string of the molecule is NC1(C(=O)O)CCN(c2ncc(-c3ccc4ncc(Cl)c(N[C@@H](c5ccccc5F)C(F)F)c4c3)cn2)CC1. The van der Waals surface area contributed by atoms with Crippen LogP contribution in [0.4, 0.5) is 24.8 Å². The number of fused-ring (bicyclic) bond motifs is 1. The average Bonchev–Trinajstić information content (AvgIpc) is 2.93. The fraction of sp³-hybridized carbons (Fsp3) is 0.259. The number of pyridine rings is 1. The van der Waals surface area contributed by atoms with Gasteiger partial charge in [0.25, 0.3) is 6.43 Å². The topological polar surface area (TPSA) is 117 Å². The third-order valence-corrected chi connectivity index (χ3v) is 7.24. The van der Waals surface area contributed by atoms with E-state index in [4.69, 9.17) is 17.3 Å². The highest BCUT2D eigenvalue weighted by molar-refractivity contribution is 6.34. The number of benzene rings is 2. The molecule has 202 valence electrons. The second-order valence-electron chi connectivity index (χ2n) is 9.41. The van der Waals surface area contributed by atoms with Crippen molar-refractivity contribution in [3.8, 4) is 11.1 Å². The molecule has 0 amide bonds. The number of hydrogen-bond acceptors (Lipinski definition) is 7. The Morgan fingerprint density at radius 3 is 2.38 bits per heavy atom. The van der Waals surface area contributed by atoms with E-state index >= 15 is 0 Å². The second kappa shape index (κ2) is 10.7. The van der Waals surface area contributed by atoms with Crippen LogP contribution in [0, 0.1) is 5.82 Å². The maximum atomic E-state index is 14.4. The number of alkyl halides is 2. The highest BCUT2D eigenvalue weighted by Crippen LogP contribution is 2.37. The Labute approximate surface area is 226 Å². The molecule has 5 rings (SSSR count). The molecule has 3 heterocycles. The number of hydrogen-bond donors (Lipinski definition) is 3. The number of carboxylic acids is 1. The first-order chi connectivity index (χ1) is 18.7. The fourth-order valence-corrected chi connectivity index (χ4v) is 4.81. The largest absolute Gasteiger partial charge is 0.480 e. The van der Waals surface area contributed by atoms with Crippen LogP contribution in [0.3, 0.4) is 0 Å². The Hall–Kier alpha value is -3.96. The summed E-state index contributed by atoms with van der Waals surface area (Å²) in [6, 6.07) is 8.96. The zero-order chi connectivity index (χ0) is 27.7. The monoisotopic (exact) mass is 556 g/mol. The van der Waals surface area contributed by atoms with Crippen molar-refractivity contribution >= 4 is 40.1 Å². The van der Waals surface area contributed by atoms with Crippen LogP contribution in [-0.2, 0) is 4.79 Å². The molecule has 1 aliphatic heterocycles. The Morgan fingerprint density at radius 2 is 1.74 bits per heavy atom. The Balaban J connectivity index is 1.44. The number of aliphatic carboxylic acids is 1. The molecule has 12 heteroatoms. The van der Waals surface area contributed by atoms with Gasteiger partial charge in [-0.3, -0.25) is 9.78 Å². The molecule has 0 saturated carbocycles. The highest BCUT2D eigenvalue weighted by atomic mass is 35.5. The van der Waals surface area contributed by atoms with E-state index in [1.165, 1.54) is 24.4 Å². The average molecular weight is 557 g/mol. The first-order valence-electron chi connectivity index (χ1n) is 12.1. The predicted octanol–water partition coefficient (Wildman–Crippen LogP) is 5.28. The third-order valence-electron chi connectivity index (χ3n) is 6.95. The number of nitrogens with two attached hydrogens (primary N) is 1. The number of nitrogens with zero attached hydrogens (tertiary/aromatic N) is 4. The van der Waals surface area contributed by atoms with Gasteiger partial charge in [0.05, 0.1) is 16.2 Å². The minimum Gasteiger partial charge on any atom is -0.480 e. The van der Waals surface area contributed by atoms with Crippen molar-refractivity contribution in [2.45, 2.75) is 30.8 Å². The van der Waals surface area contributed by atoms with Crippen molar-refractivity contribution in [1.29, 1.82) is 0 Å². The van der Waals surface area contributed by atoms with Gasteiger partial charge >= 0.3 is 5.97 Å². The number of carbonyl (C=O) groups is 1. The van der Waals surface area contributed by atoms with Crippen molar-refractivity contribution in [2.24, 2.45) is 5.73 Å². The van der Waals surface area contributed by atoms with Gasteiger partial charge in [-0.05, 0) is 36.6 Å². The van der Waals surface area contributed by atoms with E-state index in [-0.39, 0.29) is 29.1 Å². The van der Waals surface area contributed by atoms with Gasteiger partial charge in [-0.15, -0.1) is 0 Å². The number of nitrogens with one attached hydrogen (secondary N) is 1. The zero-order valence-corrected chi connectivity index (χ0v) is 21.2. The summed E-state index contributed by atoms with van der Waals surface area (Å²) in [6.45, 7) is 0.815. The van der Waals surface area contributed by atoms with E-state index in [2.05, 4.69) is 20.3 Å². The van der Waals surface area contributed by atoms with E-state index in [0.717, 1.165) is 6.07 Å². The molecule has 0 bridgehead atoms. The van der Waals surface area contributed by atoms with Crippen molar-refractivity contribution in [3.63, 3.8) is 0 Å². The molecule has 1 aliphatic rings. The molecular weight excluding hydrogens is 533 g/mol. The summed E-state index contributed by atoms with van der Waals surface area (Å²) in [4.78, 5) is 26.4. The van der Waals surface area contributed by atoms with Crippen LogP contribution in [-0.4, -0.2) is 51.1 Å². The molecule has 0 spiro atoms. The molecule has 1 atom stereocenters. The van der Waals surface area contributed by atoms with Crippen LogP contribution >= 0.6 is 11.6 Å². The van der Waals surface area contributed by atoms with Gasteiger partial charge in [-0.2, -0.15) is 0 Å². The smallest absolute Gasteiger partial charge is 0.323 e. The van der Waals surface area contributed by atoms with Crippen molar-refractivity contribution in [2.75, 3.05) is 23.3 Å². The number of anilines is 2. The molecule has 39 heavy (non-hydrogen) atoms. The number of rotatable bonds is 7. The van der Waals surface area contributed by atoms with Crippen molar-refractivity contribution < 1.29 is 23.1 Å². The van der Waals surface area contributed by atoms with Crippen LogP contribution in [0.1, 0.15) is 24.4 Å². The van der Waals surface area contributed by atoms with E-state index in [1.54, 1.807) is 30.6 Å². The van der Waals surface area contributed by atoms with Gasteiger partial charge in [0.15, 0.2) is 0 Å². The van der Waals surface area contributed by atoms with E-state index in [1.807, 2.05) is 4.90 Å². The normalized spacial score (nSPS) is 15.9. The summed E-state index contributed by atoms with van der Waals surface area (Å²) in [6.07, 6.45) is 2.23. The number of piperidine rings is 1. The number of halogens is 4. The Morgan fingerprint density at radius 1 is 1.05 bits per heavy atom. The van der Waals surface area contributed by atoms with Gasteiger partial charge < -0.3 is 21.1 Å². The third kappa shape index (κ3) is 5.32. The van der Waals surface area contributed by atoms with E-state index < -0.39 is 29.8 Å². The molecule has 8 nitrogen and oxygen atoms in total. The summed E-state index contributed by atoms with van der Waals surface area (Å²) >= 11 is 6.38. The van der Waals surface area contributed by atoms with Crippen molar-refractivity contribution in [3.05, 3.63) is 77.5 Å². The Bertz CT molecular complexity index is 1510. The highest BCUT2D eigenvalue weighted by Gasteiger charge is 2.38. The minimum absolute atomic E-state index is 0.107. The lowest BCUT2D eigenvalue weighted by Crippen LogP contribution is -2.55. The summed E-state index contributed by atoms with van der Waals surface area (Å²) in [5, 5.41) is 12.6. The van der Waals surface area contributed by atoms with Gasteiger partial charge in [-0.1, -0.05) is 35.9 Å². The Kier molecular flexibility index (Phi) is 7.28. The molecular formula is C27H24ClF3N6O2. The van der Waals surface area contributed by atoms with E-state index in [9.17, 15) is 23.1 Å². The molecule has 2 aromatic heterocycles. The van der Waals surface area contributed by atoms with Crippen molar-refractivity contribution in [1.82, 2.24) is 15.0 Å². The maximum absolute atomic E-state index is 14.4. The number of aromatic nitrogens is 3. The molecule has 0 unspecified atom stereocenters. The summed E-state index contributed by atoms with van der Waals surface area (Å²) < 4.78 is 42.5. The lowest BCUT2D eigenvalue weighted by Gasteiger charge is -2.36.